The van der Waals surface area contributed by atoms with Gasteiger partial charge in [-0.3, -0.25) is 0 Å². The van der Waals surface area contributed by atoms with Gasteiger partial charge in [0, 0.05) is 11.6 Å². The monoisotopic (exact) mass is 275 g/mol. The van der Waals surface area contributed by atoms with Crippen molar-refractivity contribution in [1.29, 1.82) is 0 Å². The normalized spacial score (nSPS) is 28.2. The number of hydrogen-bond donors (Lipinski definition) is 2. The second-order valence-electron chi connectivity index (χ2n) is 4.91. The van der Waals surface area contributed by atoms with Crippen molar-refractivity contribution in [1.82, 2.24) is 0 Å². The van der Waals surface area contributed by atoms with Gasteiger partial charge >= 0.3 is 6.36 Å². The number of hydrogen-bond acceptors (Lipinski definition) is 3. The molecule has 1 aliphatic carbocycles. The second kappa shape index (κ2) is 5.02. The van der Waals surface area contributed by atoms with Crippen LogP contribution < -0.4 is 10.5 Å². The summed E-state index contributed by atoms with van der Waals surface area (Å²) < 4.78 is 41.0. The fraction of sp³-hybridized carbons (Fsp3) is 0.538. The van der Waals surface area contributed by atoms with E-state index in [-0.39, 0.29) is 17.4 Å². The molecule has 0 bridgehead atoms. The van der Waals surface area contributed by atoms with E-state index in [1.807, 2.05) is 0 Å². The molecule has 0 unspecified atom stereocenters. The zero-order valence-corrected chi connectivity index (χ0v) is 10.3. The molecule has 0 spiro atoms. The molecule has 1 aromatic rings. The summed E-state index contributed by atoms with van der Waals surface area (Å²) in [5, 5.41) is 10.5. The Hall–Kier alpha value is -1.27. The second-order valence-corrected chi connectivity index (χ2v) is 4.91. The molecule has 0 amide bonds. The van der Waals surface area contributed by atoms with E-state index >= 15 is 0 Å². The molecule has 0 heterocycles. The molecule has 0 radical (unpaired) electrons. The lowest BCUT2D eigenvalue weighted by Crippen LogP contribution is -2.37. The maximum atomic E-state index is 12.4. The molecule has 0 aromatic heterocycles. The first-order valence-electron chi connectivity index (χ1n) is 6.13. The highest BCUT2D eigenvalue weighted by Crippen LogP contribution is 2.41. The summed E-state index contributed by atoms with van der Waals surface area (Å²) in [5.41, 5.74) is 4.64. The van der Waals surface area contributed by atoms with Gasteiger partial charge in [-0.05, 0) is 31.7 Å². The van der Waals surface area contributed by atoms with E-state index in [1.165, 1.54) is 18.2 Å². The van der Waals surface area contributed by atoms with Crippen LogP contribution in [-0.4, -0.2) is 17.5 Å². The minimum atomic E-state index is -4.77. The van der Waals surface area contributed by atoms with E-state index in [9.17, 15) is 18.3 Å². The highest BCUT2D eigenvalue weighted by molar-refractivity contribution is 5.38. The fourth-order valence-corrected chi connectivity index (χ4v) is 2.45. The lowest BCUT2D eigenvalue weighted by Gasteiger charge is -2.36. The van der Waals surface area contributed by atoms with Crippen LogP contribution in [0.15, 0.2) is 24.3 Å². The molecule has 0 aliphatic heterocycles. The molecular formula is C13H16F3NO2. The van der Waals surface area contributed by atoms with Gasteiger partial charge in [0.1, 0.15) is 5.75 Å². The third-order valence-electron chi connectivity index (χ3n) is 3.47. The van der Waals surface area contributed by atoms with Gasteiger partial charge in [0.15, 0.2) is 0 Å². The van der Waals surface area contributed by atoms with Gasteiger partial charge in [0.25, 0.3) is 0 Å². The molecule has 1 aliphatic rings. The molecule has 3 nitrogen and oxygen atoms in total. The Morgan fingerprint density at radius 2 is 1.79 bits per heavy atom. The number of ether oxygens (including phenoxy) is 1. The van der Waals surface area contributed by atoms with E-state index in [4.69, 9.17) is 5.73 Å². The zero-order valence-electron chi connectivity index (χ0n) is 10.3. The lowest BCUT2D eigenvalue weighted by molar-refractivity contribution is -0.275. The van der Waals surface area contributed by atoms with Crippen LogP contribution in [0.25, 0.3) is 0 Å². The number of halogens is 3. The maximum absolute atomic E-state index is 12.4. The molecule has 0 saturated heterocycles. The van der Waals surface area contributed by atoms with Crippen LogP contribution in [0.5, 0.6) is 5.75 Å². The van der Waals surface area contributed by atoms with Gasteiger partial charge in [0.2, 0.25) is 0 Å². The summed E-state index contributed by atoms with van der Waals surface area (Å²) in [4.78, 5) is 0. The van der Waals surface area contributed by atoms with Gasteiger partial charge in [-0.2, -0.15) is 0 Å². The number of para-hydroxylation sites is 1. The Kier molecular flexibility index (Phi) is 3.73. The zero-order chi connectivity index (χ0) is 14.1. The van der Waals surface area contributed by atoms with Gasteiger partial charge in [0.05, 0.1) is 5.60 Å². The first kappa shape index (κ1) is 14.1. The van der Waals surface area contributed by atoms with Crippen molar-refractivity contribution < 1.29 is 23.0 Å². The molecule has 6 heteroatoms. The van der Waals surface area contributed by atoms with Crippen LogP contribution >= 0.6 is 0 Å². The number of aliphatic hydroxyl groups is 1. The summed E-state index contributed by atoms with van der Waals surface area (Å²) in [7, 11) is 0. The van der Waals surface area contributed by atoms with Crippen LogP contribution in [0, 0.1) is 0 Å². The molecule has 2 rings (SSSR count). The quantitative estimate of drug-likeness (QED) is 0.872. The van der Waals surface area contributed by atoms with Gasteiger partial charge in [-0.1, -0.05) is 18.2 Å². The highest BCUT2D eigenvalue weighted by atomic mass is 19.4. The Bertz CT molecular complexity index is 440. The van der Waals surface area contributed by atoms with Gasteiger partial charge < -0.3 is 15.6 Å². The largest absolute Gasteiger partial charge is 0.573 e. The highest BCUT2D eigenvalue weighted by Gasteiger charge is 2.39. The summed E-state index contributed by atoms with van der Waals surface area (Å²) in [5.74, 6) is -0.340. The van der Waals surface area contributed by atoms with Crippen LogP contribution in [0.2, 0.25) is 0 Å². The van der Waals surface area contributed by atoms with Crippen molar-refractivity contribution in [2.24, 2.45) is 5.73 Å². The van der Waals surface area contributed by atoms with E-state index in [1.54, 1.807) is 6.07 Å². The molecule has 1 fully saturated rings. The van der Waals surface area contributed by atoms with Crippen molar-refractivity contribution in [3.05, 3.63) is 29.8 Å². The Balaban J connectivity index is 2.29. The molecule has 106 valence electrons. The van der Waals surface area contributed by atoms with Crippen molar-refractivity contribution in [3.63, 3.8) is 0 Å². The number of nitrogens with two attached hydrogens (primary N) is 1. The Labute approximate surface area is 109 Å². The first-order chi connectivity index (χ1) is 8.80. The maximum Gasteiger partial charge on any atom is 0.573 e. The predicted molar refractivity (Wildman–Crippen MR) is 63.5 cm³/mol. The standard InChI is InChI=1S/C13H16F3NO2/c14-13(15,16)19-11-4-2-1-3-10(11)12(18)7-5-9(17)6-8-12/h1-4,9,18H,5-8,17H2. The average Bonchev–Trinajstić information content (AvgIpc) is 2.32. The number of benzene rings is 1. The molecule has 0 atom stereocenters. The van der Waals surface area contributed by atoms with Crippen molar-refractivity contribution in [3.8, 4) is 5.75 Å². The van der Waals surface area contributed by atoms with Crippen molar-refractivity contribution in [2.45, 2.75) is 43.7 Å². The summed E-state index contributed by atoms with van der Waals surface area (Å²) in [6.45, 7) is 0. The Morgan fingerprint density at radius 3 is 2.37 bits per heavy atom. The smallest absolute Gasteiger partial charge is 0.405 e. The molecule has 3 N–H and O–H groups in total. The van der Waals surface area contributed by atoms with E-state index in [2.05, 4.69) is 4.74 Å². The first-order valence-corrected chi connectivity index (χ1v) is 6.13. The van der Waals surface area contributed by atoms with Crippen molar-refractivity contribution in [2.75, 3.05) is 0 Å². The van der Waals surface area contributed by atoms with Gasteiger partial charge in [-0.15, -0.1) is 13.2 Å². The lowest BCUT2D eigenvalue weighted by atomic mass is 9.77. The number of alkyl halides is 3. The fourth-order valence-electron chi connectivity index (χ4n) is 2.45. The SMILES string of the molecule is NC1CCC(O)(c2ccccc2OC(F)(F)F)CC1. The minimum absolute atomic E-state index is 0.00373. The van der Waals surface area contributed by atoms with Crippen LogP contribution in [0.4, 0.5) is 13.2 Å². The predicted octanol–water partition coefficient (Wildman–Crippen LogP) is 2.67. The van der Waals surface area contributed by atoms with Gasteiger partial charge in [-0.25, -0.2) is 0 Å². The topological polar surface area (TPSA) is 55.5 Å². The minimum Gasteiger partial charge on any atom is -0.405 e. The molecule has 1 aromatic carbocycles. The summed E-state index contributed by atoms with van der Waals surface area (Å²) >= 11 is 0. The average molecular weight is 275 g/mol. The third kappa shape index (κ3) is 3.39. The third-order valence-corrected chi connectivity index (χ3v) is 3.47. The number of rotatable bonds is 2. The Morgan fingerprint density at radius 1 is 1.21 bits per heavy atom. The molecule has 1 saturated carbocycles. The van der Waals surface area contributed by atoms with Crippen LogP contribution in [-0.2, 0) is 5.60 Å². The molecular weight excluding hydrogens is 259 g/mol. The summed E-state index contributed by atoms with van der Waals surface area (Å²) in [6, 6.07) is 5.72. The van der Waals surface area contributed by atoms with E-state index in [0.717, 1.165) is 0 Å². The van der Waals surface area contributed by atoms with E-state index in [0.29, 0.717) is 25.7 Å². The van der Waals surface area contributed by atoms with Crippen LogP contribution in [0.3, 0.4) is 0 Å². The van der Waals surface area contributed by atoms with Crippen LogP contribution in [0.1, 0.15) is 31.2 Å². The molecule has 19 heavy (non-hydrogen) atoms. The van der Waals surface area contributed by atoms with E-state index < -0.39 is 12.0 Å². The van der Waals surface area contributed by atoms with Crippen molar-refractivity contribution >= 4 is 0 Å². The summed E-state index contributed by atoms with van der Waals surface area (Å²) in [6.07, 6.45) is -2.93.